The number of benzene rings is 2. The first-order valence-corrected chi connectivity index (χ1v) is 7.58. The molecular formula is C16H17BrClNO. The van der Waals surface area contributed by atoms with Crippen LogP contribution in [0.15, 0.2) is 46.9 Å². The molecule has 0 spiro atoms. The third-order valence-electron chi connectivity index (χ3n) is 3.15. The van der Waals surface area contributed by atoms with E-state index in [1.165, 1.54) is 5.56 Å². The predicted octanol–water partition coefficient (Wildman–Crippen LogP) is 4.22. The Morgan fingerprint density at radius 1 is 1.15 bits per heavy atom. The highest BCUT2D eigenvalue weighted by Gasteiger charge is 2.09. The van der Waals surface area contributed by atoms with Crippen molar-refractivity contribution in [2.24, 2.45) is 5.73 Å². The smallest absolute Gasteiger partial charge is 0.118 e. The molecule has 0 radical (unpaired) electrons. The van der Waals surface area contributed by atoms with Gasteiger partial charge in [-0.2, -0.15) is 0 Å². The lowest BCUT2D eigenvalue weighted by Crippen LogP contribution is -2.25. The second kappa shape index (κ2) is 7.11. The fourth-order valence-corrected chi connectivity index (χ4v) is 2.86. The van der Waals surface area contributed by atoms with E-state index in [4.69, 9.17) is 22.1 Å². The van der Waals surface area contributed by atoms with Crippen LogP contribution in [0.4, 0.5) is 0 Å². The minimum absolute atomic E-state index is 0.0436. The SMILES string of the molecule is COc1ccc(CC(N)Cc2ccc(Br)cc2Cl)cc1. The Hall–Kier alpha value is -1.03. The molecule has 0 saturated heterocycles. The van der Waals surface area contributed by atoms with Crippen LogP contribution in [-0.2, 0) is 12.8 Å². The first-order valence-electron chi connectivity index (χ1n) is 6.41. The van der Waals surface area contributed by atoms with Crippen molar-refractivity contribution in [1.82, 2.24) is 0 Å². The van der Waals surface area contributed by atoms with Crippen LogP contribution in [0.2, 0.25) is 5.02 Å². The Morgan fingerprint density at radius 2 is 1.85 bits per heavy atom. The van der Waals surface area contributed by atoms with Crippen molar-refractivity contribution in [3.8, 4) is 5.75 Å². The van der Waals surface area contributed by atoms with E-state index in [9.17, 15) is 0 Å². The van der Waals surface area contributed by atoms with Gasteiger partial charge in [0.05, 0.1) is 7.11 Å². The first kappa shape index (κ1) is 15.4. The average Bonchev–Trinajstić information content (AvgIpc) is 2.43. The van der Waals surface area contributed by atoms with Crippen molar-refractivity contribution in [3.63, 3.8) is 0 Å². The molecule has 0 aliphatic rings. The van der Waals surface area contributed by atoms with Crippen LogP contribution in [0, 0.1) is 0 Å². The van der Waals surface area contributed by atoms with E-state index in [1.54, 1.807) is 7.11 Å². The zero-order valence-electron chi connectivity index (χ0n) is 11.3. The van der Waals surface area contributed by atoms with E-state index in [2.05, 4.69) is 15.9 Å². The maximum atomic E-state index is 6.21. The molecule has 20 heavy (non-hydrogen) atoms. The quantitative estimate of drug-likeness (QED) is 0.872. The first-order chi connectivity index (χ1) is 9.58. The third-order valence-corrected chi connectivity index (χ3v) is 4.00. The van der Waals surface area contributed by atoms with Gasteiger partial charge in [-0.15, -0.1) is 0 Å². The molecular weight excluding hydrogens is 338 g/mol. The number of methoxy groups -OCH3 is 1. The molecule has 1 atom stereocenters. The van der Waals surface area contributed by atoms with E-state index in [1.807, 2.05) is 42.5 Å². The second-order valence-corrected chi connectivity index (χ2v) is 6.08. The monoisotopic (exact) mass is 353 g/mol. The van der Waals surface area contributed by atoms with Crippen molar-refractivity contribution in [2.75, 3.05) is 7.11 Å². The van der Waals surface area contributed by atoms with Gasteiger partial charge in [0.2, 0.25) is 0 Å². The van der Waals surface area contributed by atoms with Crippen molar-refractivity contribution < 1.29 is 4.74 Å². The largest absolute Gasteiger partial charge is 0.497 e. The van der Waals surface area contributed by atoms with Gasteiger partial charge in [0.15, 0.2) is 0 Å². The average molecular weight is 355 g/mol. The summed E-state index contributed by atoms with van der Waals surface area (Å²) in [6.07, 6.45) is 1.58. The van der Waals surface area contributed by atoms with E-state index >= 15 is 0 Å². The second-order valence-electron chi connectivity index (χ2n) is 4.75. The molecule has 1 unspecified atom stereocenters. The summed E-state index contributed by atoms with van der Waals surface area (Å²) in [6, 6.07) is 13.9. The van der Waals surface area contributed by atoms with Crippen LogP contribution >= 0.6 is 27.5 Å². The summed E-state index contributed by atoms with van der Waals surface area (Å²) < 4.78 is 6.13. The van der Waals surface area contributed by atoms with Crippen LogP contribution in [-0.4, -0.2) is 13.2 Å². The normalized spacial score (nSPS) is 12.2. The van der Waals surface area contributed by atoms with Crippen molar-refractivity contribution in [2.45, 2.75) is 18.9 Å². The lowest BCUT2D eigenvalue weighted by atomic mass is 10.00. The molecule has 0 bridgehead atoms. The minimum Gasteiger partial charge on any atom is -0.497 e. The number of hydrogen-bond acceptors (Lipinski definition) is 2. The van der Waals surface area contributed by atoms with Gasteiger partial charge in [0, 0.05) is 15.5 Å². The van der Waals surface area contributed by atoms with Crippen LogP contribution in [0.1, 0.15) is 11.1 Å². The molecule has 0 amide bonds. The molecule has 2 rings (SSSR count). The highest BCUT2D eigenvalue weighted by atomic mass is 79.9. The van der Waals surface area contributed by atoms with Crippen LogP contribution < -0.4 is 10.5 Å². The summed E-state index contributed by atoms with van der Waals surface area (Å²) in [5.74, 6) is 0.860. The fraction of sp³-hybridized carbons (Fsp3) is 0.250. The molecule has 4 heteroatoms. The van der Waals surface area contributed by atoms with Gasteiger partial charge < -0.3 is 10.5 Å². The minimum atomic E-state index is 0.0436. The molecule has 0 fully saturated rings. The van der Waals surface area contributed by atoms with Gasteiger partial charge in [-0.3, -0.25) is 0 Å². The Morgan fingerprint density at radius 3 is 2.45 bits per heavy atom. The molecule has 106 valence electrons. The molecule has 0 aliphatic heterocycles. The Bertz CT molecular complexity index is 571. The predicted molar refractivity (Wildman–Crippen MR) is 87.5 cm³/mol. The summed E-state index contributed by atoms with van der Waals surface area (Å²) >= 11 is 9.62. The number of halogens is 2. The third kappa shape index (κ3) is 4.23. The zero-order chi connectivity index (χ0) is 14.5. The summed E-state index contributed by atoms with van der Waals surface area (Å²) in [7, 11) is 1.66. The zero-order valence-corrected chi connectivity index (χ0v) is 13.6. The van der Waals surface area contributed by atoms with Gasteiger partial charge in [-0.1, -0.05) is 45.7 Å². The molecule has 0 aromatic heterocycles. The Labute approximate surface area is 133 Å². The molecule has 0 aliphatic carbocycles. The van der Waals surface area contributed by atoms with Gasteiger partial charge in [0.1, 0.15) is 5.75 Å². The summed E-state index contributed by atoms with van der Waals surface area (Å²) in [5.41, 5.74) is 8.49. The number of rotatable bonds is 5. The molecule has 2 aromatic carbocycles. The molecule has 0 heterocycles. The summed E-state index contributed by atoms with van der Waals surface area (Å²) in [6.45, 7) is 0. The van der Waals surface area contributed by atoms with Gasteiger partial charge >= 0.3 is 0 Å². The van der Waals surface area contributed by atoms with Gasteiger partial charge in [-0.05, 0) is 48.2 Å². The fourth-order valence-electron chi connectivity index (χ4n) is 2.11. The van der Waals surface area contributed by atoms with Gasteiger partial charge in [0.25, 0.3) is 0 Å². The molecule has 0 saturated carbocycles. The summed E-state index contributed by atoms with van der Waals surface area (Å²) in [4.78, 5) is 0. The van der Waals surface area contributed by atoms with Crippen LogP contribution in [0.3, 0.4) is 0 Å². The van der Waals surface area contributed by atoms with E-state index in [0.29, 0.717) is 0 Å². The maximum absolute atomic E-state index is 6.21. The van der Waals surface area contributed by atoms with Crippen LogP contribution in [0.5, 0.6) is 5.75 Å². The summed E-state index contributed by atoms with van der Waals surface area (Å²) in [5, 5.41) is 0.754. The molecule has 2 N–H and O–H groups in total. The molecule has 2 aromatic rings. The Kier molecular flexibility index (Phi) is 5.46. The highest BCUT2D eigenvalue weighted by Crippen LogP contribution is 2.23. The number of hydrogen-bond donors (Lipinski definition) is 1. The van der Waals surface area contributed by atoms with E-state index in [0.717, 1.165) is 33.6 Å². The maximum Gasteiger partial charge on any atom is 0.118 e. The lowest BCUT2D eigenvalue weighted by Gasteiger charge is -2.13. The van der Waals surface area contributed by atoms with Gasteiger partial charge in [-0.25, -0.2) is 0 Å². The molecule has 2 nitrogen and oxygen atoms in total. The van der Waals surface area contributed by atoms with Crippen molar-refractivity contribution in [3.05, 3.63) is 63.1 Å². The topological polar surface area (TPSA) is 35.2 Å². The lowest BCUT2D eigenvalue weighted by molar-refractivity contribution is 0.414. The van der Waals surface area contributed by atoms with Crippen molar-refractivity contribution in [1.29, 1.82) is 0 Å². The Balaban J connectivity index is 1.99. The number of nitrogens with two attached hydrogens (primary N) is 1. The van der Waals surface area contributed by atoms with E-state index in [-0.39, 0.29) is 6.04 Å². The van der Waals surface area contributed by atoms with E-state index < -0.39 is 0 Å². The standard InChI is InChI=1S/C16H17BrClNO/c1-20-15-6-2-11(3-7-15)8-14(19)9-12-4-5-13(17)10-16(12)18/h2-7,10,14H,8-9,19H2,1H3. The highest BCUT2D eigenvalue weighted by molar-refractivity contribution is 9.10. The number of ether oxygens (including phenoxy) is 1. The van der Waals surface area contributed by atoms with Crippen LogP contribution in [0.25, 0.3) is 0 Å². The van der Waals surface area contributed by atoms with Crippen molar-refractivity contribution >= 4 is 27.5 Å².